The van der Waals surface area contributed by atoms with Crippen LogP contribution in [-0.4, -0.2) is 35.3 Å². The van der Waals surface area contributed by atoms with Gasteiger partial charge in [0, 0.05) is 38.1 Å². The van der Waals surface area contributed by atoms with E-state index >= 15 is 0 Å². The van der Waals surface area contributed by atoms with Crippen molar-refractivity contribution in [2.75, 3.05) is 25.0 Å². The van der Waals surface area contributed by atoms with E-state index in [0.29, 0.717) is 6.54 Å². The van der Waals surface area contributed by atoms with Gasteiger partial charge in [0.1, 0.15) is 0 Å². The molecule has 88 valence electrons. The van der Waals surface area contributed by atoms with E-state index in [4.69, 9.17) is 5.73 Å². The maximum atomic E-state index is 5.49. The molecule has 0 amide bonds. The van der Waals surface area contributed by atoms with Crippen molar-refractivity contribution in [2.45, 2.75) is 0 Å². The van der Waals surface area contributed by atoms with Crippen LogP contribution in [0.5, 0.6) is 0 Å². The molecule has 0 aliphatic heterocycles. The van der Waals surface area contributed by atoms with Crippen molar-refractivity contribution in [3.63, 3.8) is 0 Å². The van der Waals surface area contributed by atoms with Gasteiger partial charge >= 0.3 is 0 Å². The molecule has 0 saturated heterocycles. The van der Waals surface area contributed by atoms with E-state index in [9.17, 15) is 0 Å². The Morgan fingerprint density at radius 2 is 1.88 bits per heavy atom. The van der Waals surface area contributed by atoms with E-state index < -0.39 is 0 Å². The zero-order valence-electron chi connectivity index (χ0n) is 9.74. The number of nitrogens with two attached hydrogens (primary N) is 1. The number of rotatable bonds is 4. The van der Waals surface area contributed by atoms with Crippen LogP contribution in [0.25, 0.3) is 11.3 Å². The molecule has 0 bridgehead atoms. The largest absolute Gasteiger partial charge is 0.357 e. The molecule has 0 spiro atoms. The lowest BCUT2D eigenvalue weighted by molar-refractivity contribution is 0.848. The minimum absolute atomic E-state index is 0.601. The molecule has 2 aromatic rings. The monoisotopic (exact) mass is 229 g/mol. The summed E-state index contributed by atoms with van der Waals surface area (Å²) in [5, 5.41) is 8.37. The maximum absolute atomic E-state index is 5.49. The highest BCUT2D eigenvalue weighted by atomic mass is 15.2. The molecule has 2 aromatic heterocycles. The van der Waals surface area contributed by atoms with Gasteiger partial charge < -0.3 is 10.6 Å². The highest BCUT2D eigenvalue weighted by Crippen LogP contribution is 2.16. The predicted molar refractivity (Wildman–Crippen MR) is 67.6 cm³/mol. The van der Waals surface area contributed by atoms with Gasteiger partial charge in [0.25, 0.3) is 0 Å². The van der Waals surface area contributed by atoms with Gasteiger partial charge in [-0.05, 0) is 24.3 Å². The second-order valence-corrected chi connectivity index (χ2v) is 3.72. The first-order valence-corrected chi connectivity index (χ1v) is 5.46. The van der Waals surface area contributed by atoms with E-state index in [1.165, 1.54) is 0 Å². The van der Waals surface area contributed by atoms with Gasteiger partial charge in [0.2, 0.25) is 0 Å². The summed E-state index contributed by atoms with van der Waals surface area (Å²) in [6.45, 7) is 1.37. The highest BCUT2D eigenvalue weighted by molar-refractivity contribution is 5.58. The molecular weight excluding hydrogens is 214 g/mol. The first-order chi connectivity index (χ1) is 8.31. The van der Waals surface area contributed by atoms with Crippen molar-refractivity contribution >= 4 is 5.82 Å². The van der Waals surface area contributed by atoms with Gasteiger partial charge in [-0.1, -0.05) is 0 Å². The van der Waals surface area contributed by atoms with E-state index in [2.05, 4.69) is 15.2 Å². The summed E-state index contributed by atoms with van der Waals surface area (Å²) in [6.07, 6.45) is 3.48. The normalized spacial score (nSPS) is 10.2. The molecule has 17 heavy (non-hydrogen) atoms. The summed E-state index contributed by atoms with van der Waals surface area (Å²) in [5.41, 5.74) is 7.35. The lowest BCUT2D eigenvalue weighted by Gasteiger charge is -2.16. The molecule has 2 N–H and O–H groups in total. The van der Waals surface area contributed by atoms with E-state index in [0.717, 1.165) is 23.6 Å². The van der Waals surface area contributed by atoms with Crippen LogP contribution in [0.1, 0.15) is 0 Å². The number of hydrogen-bond acceptors (Lipinski definition) is 5. The third-order valence-electron chi connectivity index (χ3n) is 2.48. The second kappa shape index (κ2) is 5.36. The smallest absolute Gasteiger partial charge is 0.151 e. The minimum atomic E-state index is 0.601. The Balaban J connectivity index is 2.19. The fourth-order valence-corrected chi connectivity index (χ4v) is 1.51. The molecule has 0 unspecified atom stereocenters. The second-order valence-electron chi connectivity index (χ2n) is 3.72. The Morgan fingerprint density at radius 3 is 2.47 bits per heavy atom. The van der Waals surface area contributed by atoms with E-state index in [-0.39, 0.29) is 0 Å². The molecule has 5 nitrogen and oxygen atoms in total. The van der Waals surface area contributed by atoms with Crippen LogP contribution < -0.4 is 10.6 Å². The number of likely N-dealkylation sites (N-methyl/N-ethyl adjacent to an activating group) is 1. The quantitative estimate of drug-likeness (QED) is 0.844. The Labute approximate surface area is 100 Å². The topological polar surface area (TPSA) is 67.9 Å². The van der Waals surface area contributed by atoms with Gasteiger partial charge in [-0.15, -0.1) is 10.2 Å². The van der Waals surface area contributed by atoms with Crippen molar-refractivity contribution in [1.82, 2.24) is 15.2 Å². The zero-order valence-corrected chi connectivity index (χ0v) is 9.74. The van der Waals surface area contributed by atoms with Crippen LogP contribution >= 0.6 is 0 Å². The van der Waals surface area contributed by atoms with Crippen LogP contribution in [-0.2, 0) is 0 Å². The summed E-state index contributed by atoms with van der Waals surface area (Å²) < 4.78 is 0. The maximum Gasteiger partial charge on any atom is 0.151 e. The summed E-state index contributed by atoms with van der Waals surface area (Å²) >= 11 is 0. The van der Waals surface area contributed by atoms with Gasteiger partial charge in [-0.3, -0.25) is 4.98 Å². The number of anilines is 1. The standard InChI is InChI=1S/C12H15N5/c1-17(9-6-13)12-3-2-11(15-16-12)10-4-7-14-8-5-10/h2-5,7-8H,6,9,13H2,1H3. The van der Waals surface area contributed by atoms with Gasteiger partial charge in [-0.2, -0.15) is 0 Å². The predicted octanol–water partition coefficient (Wildman–Crippen LogP) is 0.933. The number of hydrogen-bond donors (Lipinski definition) is 1. The van der Waals surface area contributed by atoms with Crippen LogP contribution in [0.15, 0.2) is 36.7 Å². The molecule has 5 heteroatoms. The van der Waals surface area contributed by atoms with Crippen molar-refractivity contribution < 1.29 is 0 Å². The fraction of sp³-hybridized carbons (Fsp3) is 0.250. The Bertz CT molecular complexity index is 454. The van der Waals surface area contributed by atoms with Gasteiger partial charge in [0.15, 0.2) is 5.82 Å². The number of pyridine rings is 1. The zero-order chi connectivity index (χ0) is 12.1. The molecular formula is C12H15N5. The van der Waals surface area contributed by atoms with Crippen molar-refractivity contribution in [3.8, 4) is 11.3 Å². The summed E-state index contributed by atoms with van der Waals surface area (Å²) in [7, 11) is 1.95. The number of aromatic nitrogens is 3. The first-order valence-electron chi connectivity index (χ1n) is 5.46. The van der Waals surface area contributed by atoms with E-state index in [1.54, 1.807) is 12.4 Å². The van der Waals surface area contributed by atoms with Crippen LogP contribution in [0.4, 0.5) is 5.82 Å². The minimum Gasteiger partial charge on any atom is -0.357 e. The molecule has 0 aliphatic carbocycles. The average Bonchev–Trinajstić information content (AvgIpc) is 2.40. The third kappa shape index (κ3) is 2.76. The Kier molecular flexibility index (Phi) is 3.62. The lowest BCUT2D eigenvalue weighted by Crippen LogP contribution is -2.25. The Morgan fingerprint density at radius 1 is 1.12 bits per heavy atom. The summed E-state index contributed by atoms with van der Waals surface area (Å²) in [6, 6.07) is 7.71. The molecule has 0 aliphatic rings. The molecule has 0 radical (unpaired) electrons. The molecule has 2 heterocycles. The summed E-state index contributed by atoms with van der Waals surface area (Å²) in [4.78, 5) is 5.95. The van der Waals surface area contributed by atoms with E-state index in [1.807, 2.05) is 36.2 Å². The lowest BCUT2D eigenvalue weighted by atomic mass is 10.2. The van der Waals surface area contributed by atoms with Crippen molar-refractivity contribution in [2.24, 2.45) is 5.73 Å². The Hall–Kier alpha value is -2.01. The highest BCUT2D eigenvalue weighted by Gasteiger charge is 2.03. The summed E-state index contributed by atoms with van der Waals surface area (Å²) in [5.74, 6) is 0.827. The molecule has 2 rings (SSSR count). The molecule has 0 fully saturated rings. The molecule has 0 atom stereocenters. The van der Waals surface area contributed by atoms with Crippen LogP contribution in [0.3, 0.4) is 0 Å². The fourth-order valence-electron chi connectivity index (χ4n) is 1.51. The molecule has 0 saturated carbocycles. The van der Waals surface area contributed by atoms with Crippen molar-refractivity contribution in [3.05, 3.63) is 36.7 Å². The third-order valence-corrected chi connectivity index (χ3v) is 2.48. The average molecular weight is 229 g/mol. The SMILES string of the molecule is CN(CCN)c1ccc(-c2ccncc2)nn1. The van der Waals surface area contributed by atoms with Crippen molar-refractivity contribution in [1.29, 1.82) is 0 Å². The van der Waals surface area contributed by atoms with Crippen LogP contribution in [0.2, 0.25) is 0 Å². The van der Waals surface area contributed by atoms with Gasteiger partial charge in [-0.25, -0.2) is 0 Å². The van der Waals surface area contributed by atoms with Crippen LogP contribution in [0, 0.1) is 0 Å². The first kappa shape index (κ1) is 11.5. The van der Waals surface area contributed by atoms with Gasteiger partial charge in [0.05, 0.1) is 5.69 Å². The number of nitrogens with zero attached hydrogens (tertiary/aromatic N) is 4. The molecule has 0 aromatic carbocycles.